The van der Waals surface area contributed by atoms with Gasteiger partial charge in [-0.1, -0.05) is 13.8 Å². The van der Waals surface area contributed by atoms with E-state index in [1.54, 1.807) is 6.92 Å². The number of carbonyl (C=O) groups is 1. The number of hydrogen-bond donors (Lipinski definition) is 0. The molecular weight excluding hydrogens is 297 g/mol. The summed E-state index contributed by atoms with van der Waals surface area (Å²) in [6.07, 6.45) is 0.704. The van der Waals surface area contributed by atoms with E-state index in [2.05, 4.69) is 4.52 Å². The van der Waals surface area contributed by atoms with E-state index in [1.807, 2.05) is 6.92 Å². The van der Waals surface area contributed by atoms with Gasteiger partial charge in [0.15, 0.2) is 0 Å². The Morgan fingerprint density at radius 1 is 1.16 bits per heavy atom. The fraction of sp³-hybridized carbons (Fsp3) is 0.889. The van der Waals surface area contributed by atoms with Gasteiger partial charge in [-0.15, -0.1) is 0 Å². The molecule has 0 aliphatic carbocycles. The molecule has 0 heterocycles. The van der Waals surface area contributed by atoms with Gasteiger partial charge in [0.1, 0.15) is 6.61 Å². The Morgan fingerprint density at radius 2 is 1.68 bits per heavy atom. The first-order valence-corrected chi connectivity index (χ1v) is 6.74. The largest absolute Gasteiger partial charge is 1.00 e. The van der Waals surface area contributed by atoms with Crippen molar-refractivity contribution in [1.29, 1.82) is 0 Å². The maximum absolute atomic E-state index is 11.2. The third-order valence-corrected chi connectivity index (χ3v) is 2.46. The molecule has 0 saturated carbocycles. The first-order chi connectivity index (χ1) is 7.87. The van der Waals surface area contributed by atoms with E-state index >= 15 is 0 Å². The number of ether oxygens (including phenoxy) is 2. The fourth-order valence-electron chi connectivity index (χ4n) is 0.820. The van der Waals surface area contributed by atoms with Crippen molar-refractivity contribution >= 4 is 13.8 Å². The van der Waals surface area contributed by atoms with Gasteiger partial charge in [-0.3, -0.25) is 4.79 Å². The second-order valence-electron chi connectivity index (χ2n) is 3.37. The molecule has 0 saturated heterocycles. The summed E-state index contributed by atoms with van der Waals surface area (Å²) in [6.45, 7) is 3.49. The van der Waals surface area contributed by atoms with Gasteiger partial charge in [-0.25, -0.2) is 0 Å². The van der Waals surface area contributed by atoms with Crippen molar-refractivity contribution in [3.63, 3.8) is 0 Å². The Hall–Kier alpha value is 1.54. The number of phosphoric acid groups is 1. The van der Waals surface area contributed by atoms with E-state index in [0.29, 0.717) is 6.42 Å². The first-order valence-electron chi connectivity index (χ1n) is 5.27. The van der Waals surface area contributed by atoms with Gasteiger partial charge in [-0.2, -0.15) is 0 Å². The summed E-state index contributed by atoms with van der Waals surface area (Å²) in [4.78, 5) is 31.3. The Kier molecular flexibility index (Phi) is 19.4. The number of hydrogen-bond acceptors (Lipinski definition) is 7. The molecule has 0 aromatic rings. The molecule has 1 atom stereocenters. The summed E-state index contributed by atoms with van der Waals surface area (Å²) in [6, 6.07) is 0. The molecule has 0 aliphatic rings. The fourth-order valence-corrected chi connectivity index (χ4v) is 1.12. The van der Waals surface area contributed by atoms with Gasteiger partial charge in [-0.05, 0) is 6.42 Å². The van der Waals surface area contributed by atoms with Crippen LogP contribution in [0.3, 0.4) is 0 Å². The molecule has 0 bridgehead atoms. The Balaban J connectivity index is -0.00000128. The molecule has 0 amide bonds. The summed E-state index contributed by atoms with van der Waals surface area (Å²) in [5.74, 6) is -0.443. The maximum Gasteiger partial charge on any atom is 1.00 e. The average Bonchev–Trinajstić information content (AvgIpc) is 2.24. The van der Waals surface area contributed by atoms with Crippen LogP contribution in [0, 0.1) is 5.92 Å². The number of rotatable bonds is 9. The van der Waals surface area contributed by atoms with Crippen LogP contribution >= 0.6 is 7.82 Å². The number of esters is 1. The smallest absolute Gasteiger partial charge is 0.790 e. The zero-order valence-corrected chi connectivity index (χ0v) is 16.8. The van der Waals surface area contributed by atoms with Crippen LogP contribution in [0.15, 0.2) is 0 Å². The molecule has 0 aliphatic heterocycles. The normalized spacial score (nSPS) is 12.0. The van der Waals surface area contributed by atoms with Crippen LogP contribution < -0.4 is 68.9 Å². The summed E-state index contributed by atoms with van der Waals surface area (Å²) < 4.78 is 23.7. The molecule has 0 fully saturated rings. The molecular formula is C9H17Na2O7P. The molecule has 1 unspecified atom stereocenters. The minimum absolute atomic E-state index is 0. The summed E-state index contributed by atoms with van der Waals surface area (Å²) in [7, 11) is -4.92. The molecule has 0 spiro atoms. The third-order valence-electron chi connectivity index (χ3n) is 1.96. The second-order valence-corrected chi connectivity index (χ2v) is 4.52. The predicted molar refractivity (Wildman–Crippen MR) is 54.8 cm³/mol. The summed E-state index contributed by atoms with van der Waals surface area (Å²) >= 11 is 0. The van der Waals surface area contributed by atoms with Crippen LogP contribution in [0.25, 0.3) is 0 Å². The molecule has 0 aromatic heterocycles. The monoisotopic (exact) mass is 314 g/mol. The van der Waals surface area contributed by atoms with Crippen LogP contribution in [0.2, 0.25) is 0 Å². The summed E-state index contributed by atoms with van der Waals surface area (Å²) in [5.41, 5.74) is 0. The topological polar surface area (TPSA) is 108 Å². The van der Waals surface area contributed by atoms with Crippen LogP contribution in [-0.2, 0) is 23.4 Å². The zero-order valence-electron chi connectivity index (χ0n) is 11.9. The van der Waals surface area contributed by atoms with Gasteiger partial charge in [0.2, 0.25) is 0 Å². The Morgan fingerprint density at radius 3 is 2.16 bits per heavy atom. The van der Waals surface area contributed by atoms with Crippen molar-refractivity contribution in [3.05, 3.63) is 0 Å². The second kappa shape index (κ2) is 14.5. The van der Waals surface area contributed by atoms with Gasteiger partial charge >= 0.3 is 65.1 Å². The van der Waals surface area contributed by atoms with E-state index in [4.69, 9.17) is 9.47 Å². The van der Waals surface area contributed by atoms with Crippen molar-refractivity contribution < 1.29 is 92.3 Å². The van der Waals surface area contributed by atoms with E-state index in [9.17, 15) is 19.1 Å². The molecule has 0 aromatic carbocycles. The molecule has 0 radical (unpaired) electrons. The third kappa shape index (κ3) is 17.5. The Labute approximate surface area is 157 Å². The first kappa shape index (κ1) is 25.5. The minimum Gasteiger partial charge on any atom is -0.790 e. The molecule has 19 heavy (non-hydrogen) atoms. The molecule has 102 valence electrons. The van der Waals surface area contributed by atoms with Crippen molar-refractivity contribution in [2.75, 3.05) is 26.4 Å². The number of phosphoric ester groups is 1. The van der Waals surface area contributed by atoms with Crippen LogP contribution in [0.4, 0.5) is 0 Å². The van der Waals surface area contributed by atoms with Crippen molar-refractivity contribution in [3.8, 4) is 0 Å². The van der Waals surface area contributed by atoms with Crippen LogP contribution in [-0.4, -0.2) is 32.4 Å². The zero-order chi connectivity index (χ0) is 13.3. The van der Waals surface area contributed by atoms with E-state index in [1.165, 1.54) is 0 Å². The van der Waals surface area contributed by atoms with E-state index in [0.717, 1.165) is 0 Å². The standard InChI is InChI=1S/C9H19O7P.2Na/c1-3-8(2)9(10)15-6-4-14-5-7-16-17(11,12)13;;/h8H,3-7H2,1-2H3,(H2,11,12,13);;/q;2*+1/p-2. The van der Waals surface area contributed by atoms with Crippen molar-refractivity contribution in [2.45, 2.75) is 20.3 Å². The predicted octanol–water partition coefficient (Wildman–Crippen LogP) is -6.55. The molecule has 10 heteroatoms. The van der Waals surface area contributed by atoms with Gasteiger partial charge < -0.3 is 28.3 Å². The van der Waals surface area contributed by atoms with E-state index in [-0.39, 0.29) is 97.4 Å². The van der Waals surface area contributed by atoms with Gasteiger partial charge in [0.05, 0.1) is 33.6 Å². The van der Waals surface area contributed by atoms with E-state index < -0.39 is 7.82 Å². The molecule has 0 rings (SSSR count). The summed E-state index contributed by atoms with van der Waals surface area (Å²) in [5, 5.41) is 0. The Bertz CT molecular complexity index is 271. The van der Waals surface area contributed by atoms with Crippen LogP contribution in [0.5, 0.6) is 0 Å². The van der Waals surface area contributed by atoms with Crippen molar-refractivity contribution in [2.24, 2.45) is 5.92 Å². The maximum atomic E-state index is 11.2. The van der Waals surface area contributed by atoms with Gasteiger partial charge in [0.25, 0.3) is 0 Å². The van der Waals surface area contributed by atoms with Gasteiger partial charge in [0, 0.05) is 0 Å². The van der Waals surface area contributed by atoms with Crippen molar-refractivity contribution in [1.82, 2.24) is 0 Å². The van der Waals surface area contributed by atoms with Crippen LogP contribution in [0.1, 0.15) is 20.3 Å². The SMILES string of the molecule is CCC(C)C(=O)OCCOCCOP(=O)([O-])[O-].[Na+].[Na+]. The minimum atomic E-state index is -4.92. The number of carbonyl (C=O) groups excluding carboxylic acids is 1. The molecule has 0 N–H and O–H groups in total. The molecule has 7 nitrogen and oxygen atoms in total. The quantitative estimate of drug-likeness (QED) is 0.180. The average molecular weight is 314 g/mol.